The number of esters is 1. The van der Waals surface area contributed by atoms with Crippen molar-refractivity contribution in [1.82, 2.24) is 14.8 Å². The van der Waals surface area contributed by atoms with Crippen LogP contribution >= 0.6 is 0 Å². The number of carbonyl (C=O) groups is 3. The van der Waals surface area contributed by atoms with E-state index in [4.69, 9.17) is 9.47 Å². The predicted octanol–water partition coefficient (Wildman–Crippen LogP) is 2.80. The molecule has 1 aliphatic heterocycles. The smallest absolute Gasteiger partial charge is 0.354 e. The zero-order chi connectivity index (χ0) is 25.2. The van der Waals surface area contributed by atoms with Gasteiger partial charge in [0.2, 0.25) is 0 Å². The van der Waals surface area contributed by atoms with Crippen LogP contribution in [0.4, 0.5) is 0 Å². The van der Waals surface area contributed by atoms with E-state index >= 15 is 0 Å². The molecule has 1 aromatic heterocycles. The fourth-order valence-electron chi connectivity index (χ4n) is 4.35. The molecule has 1 atom stereocenters. The molecular formula is C25H31N3O6. The van der Waals surface area contributed by atoms with E-state index < -0.39 is 23.7 Å². The van der Waals surface area contributed by atoms with Crippen LogP contribution in [0.5, 0.6) is 5.75 Å². The second-order valence-corrected chi connectivity index (χ2v) is 8.54. The molecule has 1 fully saturated rings. The van der Waals surface area contributed by atoms with Gasteiger partial charge in [-0.2, -0.15) is 0 Å². The van der Waals surface area contributed by atoms with Crippen LogP contribution in [0.1, 0.15) is 45.3 Å². The lowest BCUT2D eigenvalue weighted by atomic mass is 9.94. The second-order valence-electron chi connectivity index (χ2n) is 8.54. The number of aromatic nitrogens is 1. The average Bonchev–Trinajstić information content (AvgIpc) is 3.25. The largest absolute Gasteiger partial charge is 0.507 e. The van der Waals surface area contributed by atoms with Gasteiger partial charge in [0.15, 0.2) is 0 Å². The Morgan fingerprint density at radius 2 is 1.79 bits per heavy atom. The van der Waals surface area contributed by atoms with Crippen molar-refractivity contribution in [2.24, 2.45) is 0 Å². The number of hydrogen-bond acceptors (Lipinski definition) is 7. The van der Waals surface area contributed by atoms with Crippen molar-refractivity contribution in [3.8, 4) is 5.75 Å². The Balaban J connectivity index is 2.17. The summed E-state index contributed by atoms with van der Waals surface area (Å²) in [6.07, 6.45) is 0.654. The molecule has 2 N–H and O–H groups in total. The van der Waals surface area contributed by atoms with Crippen molar-refractivity contribution in [3.05, 3.63) is 57.9 Å². The number of aromatic amines is 1. The SMILES string of the molecule is COC(=O)c1[nH]c(C)c(/C(O)=C2\C(=O)C(=O)N(CCCN(C)C)C2c2ccc(OC)cc2)c1C. The highest BCUT2D eigenvalue weighted by Crippen LogP contribution is 2.41. The Hall–Kier alpha value is -3.59. The third-order valence-electron chi connectivity index (χ3n) is 6.04. The van der Waals surface area contributed by atoms with Gasteiger partial charge < -0.3 is 29.4 Å². The van der Waals surface area contributed by atoms with Crippen molar-refractivity contribution in [1.29, 1.82) is 0 Å². The van der Waals surface area contributed by atoms with Gasteiger partial charge in [0.05, 0.1) is 25.8 Å². The molecule has 182 valence electrons. The number of likely N-dealkylation sites (tertiary alicyclic amines) is 1. The molecule has 0 saturated carbocycles. The maximum absolute atomic E-state index is 13.2. The Kier molecular flexibility index (Phi) is 7.46. The number of aliphatic hydroxyl groups excluding tert-OH is 1. The molecule has 0 bridgehead atoms. The molecule has 1 aliphatic rings. The Morgan fingerprint density at radius 1 is 1.15 bits per heavy atom. The van der Waals surface area contributed by atoms with E-state index in [2.05, 4.69) is 4.98 Å². The van der Waals surface area contributed by atoms with Crippen LogP contribution in [-0.2, 0) is 14.3 Å². The standard InChI is InChI=1S/C25H31N3O6/c1-14-18(15(2)26-20(14)25(32)34-6)22(29)19-21(16-8-10-17(33-5)11-9-16)28(24(31)23(19)30)13-7-12-27(3)4/h8-11,21,26,29H,7,12-13H2,1-6H3/b22-19+. The molecule has 9 nitrogen and oxygen atoms in total. The summed E-state index contributed by atoms with van der Waals surface area (Å²) in [7, 11) is 6.69. The number of benzene rings is 1. The van der Waals surface area contributed by atoms with Crippen molar-refractivity contribution in [2.45, 2.75) is 26.3 Å². The monoisotopic (exact) mass is 469 g/mol. The van der Waals surface area contributed by atoms with Crippen LogP contribution in [0.2, 0.25) is 0 Å². The fourth-order valence-corrected chi connectivity index (χ4v) is 4.35. The van der Waals surface area contributed by atoms with E-state index in [1.807, 2.05) is 19.0 Å². The molecule has 34 heavy (non-hydrogen) atoms. The van der Waals surface area contributed by atoms with Crippen molar-refractivity contribution >= 4 is 23.4 Å². The van der Waals surface area contributed by atoms with Crippen LogP contribution in [-0.4, -0.2) is 79.0 Å². The zero-order valence-corrected chi connectivity index (χ0v) is 20.4. The first-order valence-corrected chi connectivity index (χ1v) is 11.0. The number of aryl methyl sites for hydroxylation is 1. The van der Waals surface area contributed by atoms with Gasteiger partial charge in [0.25, 0.3) is 11.7 Å². The summed E-state index contributed by atoms with van der Waals surface area (Å²) in [5, 5.41) is 11.4. The maximum atomic E-state index is 13.2. The summed E-state index contributed by atoms with van der Waals surface area (Å²) < 4.78 is 10.0. The summed E-state index contributed by atoms with van der Waals surface area (Å²) >= 11 is 0. The Bertz CT molecular complexity index is 1130. The predicted molar refractivity (Wildman–Crippen MR) is 127 cm³/mol. The number of nitrogens with one attached hydrogen (secondary N) is 1. The molecule has 2 aromatic rings. The van der Waals surface area contributed by atoms with Crippen LogP contribution in [0, 0.1) is 13.8 Å². The third-order valence-corrected chi connectivity index (χ3v) is 6.04. The molecule has 3 rings (SSSR count). The third kappa shape index (κ3) is 4.56. The number of aliphatic hydroxyl groups is 1. The average molecular weight is 470 g/mol. The Morgan fingerprint density at radius 3 is 2.35 bits per heavy atom. The summed E-state index contributed by atoms with van der Waals surface area (Å²) in [5.74, 6) is -1.71. The zero-order valence-electron chi connectivity index (χ0n) is 20.4. The van der Waals surface area contributed by atoms with Crippen LogP contribution in [0.3, 0.4) is 0 Å². The van der Waals surface area contributed by atoms with Gasteiger partial charge in [-0.15, -0.1) is 0 Å². The van der Waals surface area contributed by atoms with Gasteiger partial charge in [-0.05, 0) is 64.2 Å². The number of hydrogen-bond donors (Lipinski definition) is 2. The van der Waals surface area contributed by atoms with Crippen LogP contribution < -0.4 is 4.74 Å². The van der Waals surface area contributed by atoms with Crippen LogP contribution in [0.15, 0.2) is 29.8 Å². The number of nitrogens with zero attached hydrogens (tertiary/aromatic N) is 2. The van der Waals surface area contributed by atoms with E-state index in [0.717, 1.165) is 6.54 Å². The number of Topliss-reactive ketones (excluding diaryl/α,β-unsaturated/α-hetero) is 1. The molecular weight excluding hydrogens is 438 g/mol. The van der Waals surface area contributed by atoms with Crippen molar-refractivity contribution in [2.75, 3.05) is 41.4 Å². The quantitative estimate of drug-likeness (QED) is 0.265. The van der Waals surface area contributed by atoms with E-state index in [-0.39, 0.29) is 17.0 Å². The van der Waals surface area contributed by atoms with Gasteiger partial charge in [0, 0.05) is 17.8 Å². The normalized spacial score (nSPS) is 17.5. The number of ketones is 1. The van der Waals surface area contributed by atoms with E-state index in [1.54, 1.807) is 45.2 Å². The molecule has 0 aliphatic carbocycles. The van der Waals surface area contributed by atoms with E-state index in [0.29, 0.717) is 41.1 Å². The van der Waals surface area contributed by atoms with Crippen molar-refractivity contribution < 1.29 is 29.0 Å². The molecule has 0 spiro atoms. The highest BCUT2D eigenvalue weighted by atomic mass is 16.5. The highest BCUT2D eigenvalue weighted by Gasteiger charge is 2.46. The Labute approximate surface area is 199 Å². The first-order chi connectivity index (χ1) is 16.1. The molecule has 1 unspecified atom stereocenters. The topological polar surface area (TPSA) is 112 Å². The minimum Gasteiger partial charge on any atom is -0.507 e. The number of rotatable bonds is 8. The molecule has 1 amide bonds. The minimum atomic E-state index is -0.775. The molecule has 1 saturated heterocycles. The van der Waals surface area contributed by atoms with Crippen LogP contribution in [0.25, 0.3) is 5.76 Å². The summed E-state index contributed by atoms with van der Waals surface area (Å²) in [6.45, 7) is 4.41. The molecule has 1 aromatic carbocycles. The van der Waals surface area contributed by atoms with Gasteiger partial charge in [0.1, 0.15) is 17.2 Å². The van der Waals surface area contributed by atoms with Gasteiger partial charge in [-0.3, -0.25) is 9.59 Å². The summed E-state index contributed by atoms with van der Waals surface area (Å²) in [5.41, 5.74) is 2.08. The lowest BCUT2D eigenvalue weighted by molar-refractivity contribution is -0.139. The lowest BCUT2D eigenvalue weighted by Gasteiger charge is -2.26. The molecule has 9 heteroatoms. The number of carbonyl (C=O) groups excluding carboxylic acids is 3. The maximum Gasteiger partial charge on any atom is 0.354 e. The number of ether oxygens (including phenoxy) is 2. The van der Waals surface area contributed by atoms with E-state index in [1.165, 1.54) is 12.0 Å². The number of amides is 1. The van der Waals surface area contributed by atoms with Crippen molar-refractivity contribution in [3.63, 3.8) is 0 Å². The van der Waals surface area contributed by atoms with Gasteiger partial charge in [-0.1, -0.05) is 12.1 Å². The summed E-state index contributed by atoms with van der Waals surface area (Å²) in [6, 6.07) is 6.27. The minimum absolute atomic E-state index is 0.0124. The number of methoxy groups -OCH3 is 2. The number of H-pyrrole nitrogens is 1. The lowest BCUT2D eigenvalue weighted by Crippen LogP contribution is -2.32. The first kappa shape index (κ1) is 25.0. The van der Waals surface area contributed by atoms with E-state index in [9.17, 15) is 19.5 Å². The van der Waals surface area contributed by atoms with Gasteiger partial charge >= 0.3 is 5.97 Å². The van der Waals surface area contributed by atoms with Gasteiger partial charge in [-0.25, -0.2) is 4.79 Å². The highest BCUT2D eigenvalue weighted by molar-refractivity contribution is 6.46. The summed E-state index contributed by atoms with van der Waals surface area (Å²) in [4.78, 5) is 44.8. The molecule has 0 radical (unpaired) electrons. The second kappa shape index (κ2) is 10.1. The fraction of sp³-hybridized carbons (Fsp3) is 0.400. The molecule has 2 heterocycles. The first-order valence-electron chi connectivity index (χ1n) is 11.0.